The Balaban J connectivity index is 2.29. The van der Waals surface area contributed by atoms with Crippen LogP contribution in [-0.2, 0) is 6.18 Å². The molecule has 0 spiro atoms. The molecule has 0 radical (unpaired) electrons. The molecule has 0 amide bonds. The van der Waals surface area contributed by atoms with E-state index in [0.717, 1.165) is 45.2 Å². The molecule has 4 nitrogen and oxygen atoms in total. The minimum Gasteiger partial charge on any atom is -0.370 e. The maximum atomic E-state index is 12.9. The summed E-state index contributed by atoms with van der Waals surface area (Å²) in [6.45, 7) is 4.05. The second-order valence-corrected chi connectivity index (χ2v) is 5.26. The molecule has 2 rings (SSSR count). The SMILES string of the molecule is CCCNc1cc(N2CCCCCC2)nc(C(F)(F)F)n1. The van der Waals surface area contributed by atoms with Gasteiger partial charge in [-0.05, 0) is 19.3 Å². The van der Waals surface area contributed by atoms with Crippen LogP contribution in [-0.4, -0.2) is 29.6 Å². The van der Waals surface area contributed by atoms with Gasteiger partial charge in [0, 0.05) is 25.7 Å². The summed E-state index contributed by atoms with van der Waals surface area (Å²) >= 11 is 0. The van der Waals surface area contributed by atoms with E-state index in [4.69, 9.17) is 0 Å². The van der Waals surface area contributed by atoms with Crippen molar-refractivity contribution >= 4 is 11.6 Å². The molecule has 1 aliphatic rings. The van der Waals surface area contributed by atoms with Gasteiger partial charge < -0.3 is 10.2 Å². The van der Waals surface area contributed by atoms with Gasteiger partial charge in [-0.2, -0.15) is 13.2 Å². The molecular formula is C14H21F3N4. The predicted octanol–water partition coefficient (Wildman–Crippen LogP) is 3.70. The maximum Gasteiger partial charge on any atom is 0.451 e. The molecule has 0 aromatic carbocycles. The third-order valence-electron chi connectivity index (χ3n) is 3.45. The van der Waals surface area contributed by atoms with Crippen LogP contribution >= 0.6 is 0 Å². The number of halogens is 3. The van der Waals surface area contributed by atoms with Crippen LogP contribution in [0.25, 0.3) is 0 Å². The maximum absolute atomic E-state index is 12.9. The molecule has 1 N–H and O–H groups in total. The average Bonchev–Trinajstić information content (AvgIpc) is 2.73. The van der Waals surface area contributed by atoms with E-state index in [1.807, 2.05) is 11.8 Å². The molecule has 2 heterocycles. The Morgan fingerprint density at radius 3 is 2.38 bits per heavy atom. The van der Waals surface area contributed by atoms with E-state index in [9.17, 15) is 13.2 Å². The Morgan fingerprint density at radius 1 is 1.14 bits per heavy atom. The molecule has 1 aromatic heterocycles. The number of nitrogens with zero attached hydrogens (tertiary/aromatic N) is 3. The summed E-state index contributed by atoms with van der Waals surface area (Å²) in [5, 5.41) is 2.92. The van der Waals surface area contributed by atoms with Gasteiger partial charge >= 0.3 is 6.18 Å². The van der Waals surface area contributed by atoms with Gasteiger partial charge in [0.1, 0.15) is 11.6 Å². The first-order valence-electron chi connectivity index (χ1n) is 7.46. The van der Waals surface area contributed by atoms with Gasteiger partial charge in [-0.1, -0.05) is 19.8 Å². The molecule has 21 heavy (non-hydrogen) atoms. The van der Waals surface area contributed by atoms with Gasteiger partial charge in [0.05, 0.1) is 0 Å². The van der Waals surface area contributed by atoms with E-state index in [2.05, 4.69) is 15.3 Å². The van der Waals surface area contributed by atoms with Crippen LogP contribution in [0.1, 0.15) is 44.9 Å². The highest BCUT2D eigenvalue weighted by Gasteiger charge is 2.36. The van der Waals surface area contributed by atoms with Crippen molar-refractivity contribution in [2.24, 2.45) is 0 Å². The summed E-state index contributed by atoms with van der Waals surface area (Å²) in [6.07, 6.45) is 0.518. The van der Waals surface area contributed by atoms with Crippen LogP contribution < -0.4 is 10.2 Å². The Morgan fingerprint density at radius 2 is 1.81 bits per heavy atom. The summed E-state index contributed by atoms with van der Waals surface area (Å²) in [5.41, 5.74) is 0. The van der Waals surface area contributed by atoms with E-state index in [1.54, 1.807) is 6.07 Å². The lowest BCUT2D eigenvalue weighted by Gasteiger charge is -2.23. The monoisotopic (exact) mass is 302 g/mol. The van der Waals surface area contributed by atoms with Crippen molar-refractivity contribution in [1.29, 1.82) is 0 Å². The van der Waals surface area contributed by atoms with E-state index in [1.165, 1.54) is 0 Å². The molecular weight excluding hydrogens is 281 g/mol. The number of nitrogens with one attached hydrogen (secondary N) is 1. The second-order valence-electron chi connectivity index (χ2n) is 5.26. The highest BCUT2D eigenvalue weighted by Crippen LogP contribution is 2.30. The van der Waals surface area contributed by atoms with Gasteiger partial charge in [0.25, 0.3) is 0 Å². The molecule has 7 heteroatoms. The lowest BCUT2D eigenvalue weighted by molar-refractivity contribution is -0.144. The Kier molecular flexibility index (Phi) is 5.25. The van der Waals surface area contributed by atoms with Crippen molar-refractivity contribution in [2.75, 3.05) is 29.9 Å². The number of hydrogen-bond donors (Lipinski definition) is 1. The zero-order chi connectivity index (χ0) is 15.3. The van der Waals surface area contributed by atoms with Crippen LogP contribution in [0.5, 0.6) is 0 Å². The minimum absolute atomic E-state index is 0.249. The molecule has 0 unspecified atom stereocenters. The first kappa shape index (κ1) is 15.9. The largest absolute Gasteiger partial charge is 0.451 e. The molecule has 0 saturated carbocycles. The van der Waals surface area contributed by atoms with E-state index < -0.39 is 12.0 Å². The third-order valence-corrected chi connectivity index (χ3v) is 3.45. The quantitative estimate of drug-likeness (QED) is 0.921. The van der Waals surface area contributed by atoms with E-state index in [0.29, 0.717) is 12.4 Å². The third kappa shape index (κ3) is 4.47. The lowest BCUT2D eigenvalue weighted by Crippen LogP contribution is -2.26. The van der Waals surface area contributed by atoms with Crippen LogP contribution in [0.4, 0.5) is 24.8 Å². The highest BCUT2D eigenvalue weighted by molar-refractivity contribution is 5.49. The van der Waals surface area contributed by atoms with E-state index in [-0.39, 0.29) is 5.82 Å². The Hall–Kier alpha value is -1.53. The van der Waals surface area contributed by atoms with Gasteiger partial charge in [0.2, 0.25) is 5.82 Å². The van der Waals surface area contributed by atoms with E-state index >= 15 is 0 Å². The second kappa shape index (κ2) is 6.95. The smallest absolute Gasteiger partial charge is 0.370 e. The molecule has 1 fully saturated rings. The fraction of sp³-hybridized carbons (Fsp3) is 0.714. The van der Waals surface area contributed by atoms with Crippen LogP contribution in [0, 0.1) is 0 Å². The number of anilines is 2. The van der Waals surface area contributed by atoms with Gasteiger partial charge in [-0.3, -0.25) is 0 Å². The first-order chi connectivity index (χ1) is 10.0. The fourth-order valence-corrected chi connectivity index (χ4v) is 2.37. The summed E-state index contributed by atoms with van der Waals surface area (Å²) in [5.74, 6) is -0.445. The molecule has 0 aliphatic carbocycles. The molecule has 1 aliphatic heterocycles. The molecule has 1 aromatic rings. The number of aromatic nitrogens is 2. The molecule has 118 valence electrons. The van der Waals surface area contributed by atoms with Gasteiger partial charge in [0.15, 0.2) is 0 Å². The zero-order valence-electron chi connectivity index (χ0n) is 12.2. The Bertz CT molecular complexity index is 454. The Labute approximate surface area is 122 Å². The number of rotatable bonds is 4. The highest BCUT2D eigenvalue weighted by atomic mass is 19.4. The predicted molar refractivity (Wildman–Crippen MR) is 76.5 cm³/mol. The van der Waals surface area contributed by atoms with Crippen molar-refractivity contribution in [3.05, 3.63) is 11.9 Å². The summed E-state index contributed by atoms with van der Waals surface area (Å²) in [6, 6.07) is 1.62. The zero-order valence-corrected chi connectivity index (χ0v) is 12.2. The summed E-state index contributed by atoms with van der Waals surface area (Å²) in [7, 11) is 0. The topological polar surface area (TPSA) is 41.0 Å². The van der Waals surface area contributed by atoms with Crippen LogP contribution in [0.3, 0.4) is 0 Å². The fourth-order valence-electron chi connectivity index (χ4n) is 2.37. The minimum atomic E-state index is -4.52. The van der Waals surface area contributed by atoms with Gasteiger partial charge in [-0.15, -0.1) is 0 Å². The van der Waals surface area contributed by atoms with Crippen molar-refractivity contribution < 1.29 is 13.2 Å². The molecule has 1 saturated heterocycles. The van der Waals surface area contributed by atoms with Crippen molar-refractivity contribution in [3.63, 3.8) is 0 Å². The van der Waals surface area contributed by atoms with Crippen LogP contribution in [0.2, 0.25) is 0 Å². The molecule has 0 atom stereocenters. The standard InChI is InChI=1S/C14H21F3N4/c1-2-7-18-11-10-12(20-13(19-11)14(15,16)17)21-8-5-3-4-6-9-21/h10H,2-9H2,1H3,(H,18,19,20). The summed E-state index contributed by atoms with van der Waals surface area (Å²) in [4.78, 5) is 9.25. The number of hydrogen-bond acceptors (Lipinski definition) is 4. The number of alkyl halides is 3. The average molecular weight is 302 g/mol. The van der Waals surface area contributed by atoms with Gasteiger partial charge in [-0.25, -0.2) is 9.97 Å². The van der Waals surface area contributed by atoms with Crippen molar-refractivity contribution in [2.45, 2.75) is 45.2 Å². The summed E-state index contributed by atoms with van der Waals surface area (Å²) < 4.78 is 38.8. The van der Waals surface area contributed by atoms with Crippen LogP contribution in [0.15, 0.2) is 6.07 Å². The normalized spacial score (nSPS) is 16.7. The first-order valence-corrected chi connectivity index (χ1v) is 7.46. The van der Waals surface area contributed by atoms with Crippen molar-refractivity contribution in [1.82, 2.24) is 9.97 Å². The van der Waals surface area contributed by atoms with Crippen molar-refractivity contribution in [3.8, 4) is 0 Å². The molecule has 0 bridgehead atoms. The lowest BCUT2D eigenvalue weighted by atomic mass is 10.2.